The molecule has 288 valence electrons. The van der Waals surface area contributed by atoms with Gasteiger partial charge in [0.25, 0.3) is 30.4 Å². The third-order valence-corrected chi connectivity index (χ3v) is 10.6. The first-order chi connectivity index (χ1) is 24.8. The van der Waals surface area contributed by atoms with Crippen molar-refractivity contribution in [1.82, 2.24) is 15.0 Å². The molecule has 0 unspecified atom stereocenters. The van der Waals surface area contributed by atoms with Crippen molar-refractivity contribution in [2.24, 2.45) is 10.2 Å². The van der Waals surface area contributed by atoms with Crippen LogP contribution >= 0.6 is 15.9 Å². The number of aromatic nitrogens is 3. The van der Waals surface area contributed by atoms with Gasteiger partial charge in [-0.25, -0.2) is 9.79 Å². The van der Waals surface area contributed by atoms with E-state index in [9.17, 15) is 73.4 Å². The molecule has 1 heterocycles. The van der Waals surface area contributed by atoms with Gasteiger partial charge >= 0.3 is 88.7 Å². The first-order valence-corrected chi connectivity index (χ1v) is 21.9. The largest absolute Gasteiger partial charge is 1.00 e. The number of hydrogen-bond acceptors (Lipinski definition) is 21. The molecule has 0 aliphatic carbocycles. The normalized spacial score (nSPS) is 12.4. The van der Waals surface area contributed by atoms with Gasteiger partial charge in [0.05, 0.1) is 10.6 Å². The van der Waals surface area contributed by atoms with Crippen LogP contribution in [0.1, 0.15) is 0 Å². The summed E-state index contributed by atoms with van der Waals surface area (Å²) in [5.41, 5.74) is -2.46. The fraction of sp³-hybridized carbons (Fsp3) is 0.0800. The summed E-state index contributed by atoms with van der Waals surface area (Å²) in [4.78, 5) is 71.7. The van der Waals surface area contributed by atoms with Crippen molar-refractivity contribution in [2.75, 3.05) is 28.5 Å². The molecule has 4 aromatic carbocycles. The zero-order chi connectivity index (χ0) is 40.0. The molecule has 32 heteroatoms. The maximum atomic E-state index is 14.0. The molecule has 0 aliphatic rings. The molecule has 0 radical (unpaired) electrons. The minimum atomic E-state index is -5.43. The van der Waals surface area contributed by atoms with E-state index >= 15 is 0 Å². The molecule has 0 aliphatic heterocycles. The molecule has 0 fully saturated rings. The molecule has 0 bridgehead atoms. The molecular weight excluding hydrogens is 895 g/mol. The second-order valence-corrected chi connectivity index (χ2v) is 18.1. The van der Waals surface area contributed by atoms with Gasteiger partial charge < -0.3 is 40.6 Å². The van der Waals surface area contributed by atoms with Crippen molar-refractivity contribution in [3.05, 3.63) is 54.6 Å². The number of anilines is 4. The standard InChI is InChI=1S/C25H24N8O16P2S3.3Na/c34-21-19-13(8-18(53(44,45)46)20(21)33-32-16-6-5-12-3-1-2-4-15(12)22(16)54(47,48)49)7-14(52(41,42)43)9-17(19)28-25-30-23(26-10-50(35,36)37)29-24(31-25)27-11-51(38,39)40;;;/h1-9,34H,10-11H2,(H2,35,36,37)(H2,38,39,40)(H,41,42,43)(H,44,45,46)(H,47,48,49)(H3,26,27,28,29,30,31);;;/q;3*+1/p-3. The Labute approximate surface area is 389 Å². The molecule has 8 N–H and O–H groups in total. The Morgan fingerprint density at radius 3 is 1.81 bits per heavy atom. The minimum absolute atomic E-state index is 0. The Kier molecular flexibility index (Phi) is 17.7. The van der Waals surface area contributed by atoms with Gasteiger partial charge in [0, 0.05) is 11.1 Å². The van der Waals surface area contributed by atoms with E-state index < -0.39 is 125 Å². The van der Waals surface area contributed by atoms with Crippen LogP contribution in [0.2, 0.25) is 0 Å². The van der Waals surface area contributed by atoms with Crippen molar-refractivity contribution in [1.29, 1.82) is 0 Å². The third-order valence-electron chi connectivity index (χ3n) is 6.81. The second-order valence-electron chi connectivity index (χ2n) is 10.8. The first-order valence-electron chi connectivity index (χ1n) is 14.0. The molecular formula is C25H21N8Na3O16P2S3. The number of fused-ring (bicyclic) bond motifs is 2. The van der Waals surface area contributed by atoms with Crippen molar-refractivity contribution < 1.29 is 162 Å². The van der Waals surface area contributed by atoms with Gasteiger partial charge in [-0.3, -0.25) is 13.7 Å². The Morgan fingerprint density at radius 1 is 0.684 bits per heavy atom. The van der Waals surface area contributed by atoms with Crippen LogP contribution in [0.5, 0.6) is 5.75 Å². The van der Waals surface area contributed by atoms with Crippen LogP contribution in [-0.2, 0) is 30.4 Å². The molecule has 5 aromatic rings. The molecule has 1 aromatic heterocycles. The summed E-state index contributed by atoms with van der Waals surface area (Å²) in [5.74, 6) is -3.61. The summed E-state index contributed by atoms with van der Waals surface area (Å²) in [5, 5.41) is 26.8. The SMILES string of the molecule is O=S(=O)(O)c1cc(Nc2nc(NC[P+]([O-])([O-])[O-])nc(NC[P+]([O-])(O)O)n2)c2c([O-])c(N=Nc3ccc4ccccc4c3S(=O)(=O)O)c(S(=O)(=O)O)cc2c1.[Na+].[Na+].[Na+]. The van der Waals surface area contributed by atoms with E-state index in [1.807, 2.05) is 5.32 Å². The van der Waals surface area contributed by atoms with Gasteiger partial charge in [-0.15, -0.1) is 18.2 Å². The van der Waals surface area contributed by atoms with Gasteiger partial charge in [0.15, 0.2) is 6.29 Å². The Morgan fingerprint density at radius 2 is 1.26 bits per heavy atom. The predicted octanol–water partition coefficient (Wildman–Crippen LogP) is -10.1. The summed E-state index contributed by atoms with van der Waals surface area (Å²) < 4.78 is 104. The van der Waals surface area contributed by atoms with E-state index in [1.54, 1.807) is 6.07 Å². The number of rotatable bonds is 13. The maximum Gasteiger partial charge on any atom is 1.00 e. The zero-order valence-corrected chi connectivity index (χ0v) is 39.4. The van der Waals surface area contributed by atoms with Gasteiger partial charge in [0.2, 0.25) is 25.8 Å². The molecule has 0 spiro atoms. The van der Waals surface area contributed by atoms with Gasteiger partial charge in [0.1, 0.15) is 21.8 Å². The van der Waals surface area contributed by atoms with Gasteiger partial charge in [-0.1, -0.05) is 36.1 Å². The van der Waals surface area contributed by atoms with E-state index in [0.717, 1.165) is 6.07 Å². The predicted molar refractivity (Wildman–Crippen MR) is 179 cm³/mol. The molecule has 0 saturated heterocycles. The fourth-order valence-electron chi connectivity index (χ4n) is 4.72. The average Bonchev–Trinajstić information content (AvgIpc) is 3.03. The Balaban J connectivity index is 0.00000374. The number of azo groups is 1. The summed E-state index contributed by atoms with van der Waals surface area (Å²) >= 11 is 0. The number of nitrogens with one attached hydrogen (secondary N) is 3. The molecule has 24 nitrogen and oxygen atoms in total. The first kappa shape index (κ1) is 51.7. The van der Waals surface area contributed by atoms with Crippen molar-refractivity contribution in [2.45, 2.75) is 14.7 Å². The molecule has 0 saturated carbocycles. The minimum Gasteiger partial charge on any atom is -0.870 e. The van der Waals surface area contributed by atoms with Crippen LogP contribution < -0.4 is 129 Å². The van der Waals surface area contributed by atoms with Crippen molar-refractivity contribution in [3.63, 3.8) is 0 Å². The van der Waals surface area contributed by atoms with E-state index in [2.05, 4.69) is 35.8 Å². The van der Waals surface area contributed by atoms with Crippen LogP contribution in [0.25, 0.3) is 21.5 Å². The van der Waals surface area contributed by atoms with E-state index in [-0.39, 0.29) is 94.1 Å². The van der Waals surface area contributed by atoms with Gasteiger partial charge in [-0.2, -0.15) is 40.2 Å². The number of hydrogen-bond donors (Lipinski definition) is 8. The third kappa shape index (κ3) is 13.5. The topological polar surface area (TPSA) is 418 Å². The summed E-state index contributed by atoms with van der Waals surface area (Å²) in [6.07, 6.45) is -2.38. The van der Waals surface area contributed by atoms with Crippen LogP contribution in [0, 0.1) is 0 Å². The fourth-order valence-corrected chi connectivity index (χ4v) is 7.44. The maximum absolute atomic E-state index is 14.0. The second kappa shape index (κ2) is 19.5. The monoisotopic (exact) mass is 916 g/mol. The van der Waals surface area contributed by atoms with E-state index in [1.165, 1.54) is 24.3 Å². The van der Waals surface area contributed by atoms with Crippen LogP contribution in [0.3, 0.4) is 0 Å². The summed E-state index contributed by atoms with van der Waals surface area (Å²) in [6.45, 7) is 0. The van der Waals surface area contributed by atoms with E-state index in [4.69, 9.17) is 0 Å². The zero-order valence-electron chi connectivity index (χ0n) is 29.2. The van der Waals surface area contributed by atoms with E-state index in [0.29, 0.717) is 23.6 Å². The van der Waals surface area contributed by atoms with Gasteiger partial charge in [-0.05, 0) is 40.4 Å². The van der Waals surface area contributed by atoms with Crippen molar-refractivity contribution >= 4 is 103 Å². The number of nitrogens with zero attached hydrogens (tertiary/aromatic N) is 5. The van der Waals surface area contributed by atoms with Crippen LogP contribution in [0.15, 0.2) is 79.5 Å². The smallest absolute Gasteiger partial charge is 0.870 e. The summed E-state index contributed by atoms with van der Waals surface area (Å²) in [7, 11) is -25.7. The average molecular weight is 917 g/mol. The summed E-state index contributed by atoms with van der Waals surface area (Å²) in [6, 6.07) is 9.94. The number of benzene rings is 4. The molecule has 5 rings (SSSR count). The quantitative estimate of drug-likeness (QED) is 0.0235. The van der Waals surface area contributed by atoms with Crippen LogP contribution in [-0.4, -0.2) is 76.2 Å². The van der Waals surface area contributed by atoms with Crippen LogP contribution in [0.4, 0.5) is 34.9 Å². The Hall–Kier alpha value is -1.44. The molecule has 0 atom stereocenters. The van der Waals surface area contributed by atoms with Crippen molar-refractivity contribution in [3.8, 4) is 5.75 Å². The molecule has 0 amide bonds. The Bertz CT molecular complexity index is 2660. The molecule has 57 heavy (non-hydrogen) atoms.